The van der Waals surface area contributed by atoms with Crippen molar-refractivity contribution in [3.05, 3.63) is 35.9 Å². The molecule has 0 aliphatic rings. The molecule has 0 amide bonds. The van der Waals surface area contributed by atoms with Gasteiger partial charge in [-0.05, 0) is 19.4 Å². The summed E-state index contributed by atoms with van der Waals surface area (Å²) < 4.78 is 21.7. The lowest BCUT2D eigenvalue weighted by molar-refractivity contribution is -0.154. The molecule has 0 radical (unpaired) electrons. The molecule has 4 nitrogen and oxygen atoms in total. The fourth-order valence-electron chi connectivity index (χ4n) is 1.59. The van der Waals surface area contributed by atoms with Crippen molar-refractivity contribution in [2.75, 3.05) is 26.9 Å². The maximum absolute atomic E-state index is 5.62. The molecule has 4 heteroatoms. The van der Waals surface area contributed by atoms with Gasteiger partial charge in [-0.15, -0.1) is 0 Å². The molecule has 0 aliphatic heterocycles. The summed E-state index contributed by atoms with van der Waals surface area (Å²) in [4.78, 5) is 0. The molecular formula is C15H24O4. The van der Waals surface area contributed by atoms with Gasteiger partial charge in [-0.2, -0.15) is 0 Å². The Balaban J connectivity index is 2.18. The van der Waals surface area contributed by atoms with Crippen LogP contribution in [0.1, 0.15) is 19.4 Å². The van der Waals surface area contributed by atoms with Crippen LogP contribution in [-0.4, -0.2) is 39.3 Å². The molecule has 0 saturated heterocycles. The van der Waals surface area contributed by atoms with Crippen molar-refractivity contribution in [2.45, 2.75) is 32.8 Å². The third kappa shape index (κ3) is 7.28. The topological polar surface area (TPSA) is 36.9 Å². The number of benzene rings is 1. The van der Waals surface area contributed by atoms with Crippen LogP contribution in [-0.2, 0) is 25.6 Å². The first kappa shape index (κ1) is 16.1. The number of hydrogen-bond donors (Lipinski definition) is 0. The lowest BCUT2D eigenvalue weighted by Gasteiger charge is -2.19. The monoisotopic (exact) mass is 268 g/mol. The molecule has 1 rings (SSSR count). The highest BCUT2D eigenvalue weighted by Crippen LogP contribution is 2.03. The fraction of sp³-hybridized carbons (Fsp3) is 0.600. The molecule has 1 aromatic rings. The Labute approximate surface area is 115 Å². The summed E-state index contributed by atoms with van der Waals surface area (Å²) in [7, 11) is 1.66. The first-order valence-corrected chi connectivity index (χ1v) is 6.64. The zero-order valence-electron chi connectivity index (χ0n) is 12.0. The third-order valence-electron chi connectivity index (χ3n) is 2.67. The van der Waals surface area contributed by atoms with Crippen LogP contribution in [0, 0.1) is 0 Å². The van der Waals surface area contributed by atoms with E-state index in [1.165, 1.54) is 0 Å². The minimum Gasteiger partial charge on any atom is -0.377 e. The third-order valence-corrected chi connectivity index (χ3v) is 2.67. The smallest absolute Gasteiger partial charge is 0.154 e. The van der Waals surface area contributed by atoms with E-state index in [2.05, 4.69) is 0 Å². The SMILES string of the molecule is CCOC(C)OCC(COCc1ccccc1)OC. The van der Waals surface area contributed by atoms with Gasteiger partial charge in [-0.3, -0.25) is 0 Å². The summed E-state index contributed by atoms with van der Waals surface area (Å²) in [5.41, 5.74) is 1.15. The molecule has 0 spiro atoms. The largest absolute Gasteiger partial charge is 0.377 e. The van der Waals surface area contributed by atoms with E-state index in [-0.39, 0.29) is 12.4 Å². The van der Waals surface area contributed by atoms with Gasteiger partial charge in [0.05, 0.1) is 19.8 Å². The van der Waals surface area contributed by atoms with Crippen LogP contribution < -0.4 is 0 Å². The lowest BCUT2D eigenvalue weighted by atomic mass is 10.2. The molecule has 1 aromatic carbocycles. The quantitative estimate of drug-likeness (QED) is 0.611. The Kier molecular flexibility index (Phi) is 8.41. The zero-order chi connectivity index (χ0) is 13.9. The van der Waals surface area contributed by atoms with Gasteiger partial charge in [0.15, 0.2) is 6.29 Å². The first-order chi connectivity index (χ1) is 9.26. The molecule has 0 N–H and O–H groups in total. The highest BCUT2D eigenvalue weighted by molar-refractivity contribution is 5.13. The lowest BCUT2D eigenvalue weighted by Crippen LogP contribution is -2.27. The fourth-order valence-corrected chi connectivity index (χ4v) is 1.59. The Bertz CT molecular complexity index is 315. The van der Waals surface area contributed by atoms with Gasteiger partial charge in [0.25, 0.3) is 0 Å². The van der Waals surface area contributed by atoms with Crippen molar-refractivity contribution in [1.29, 1.82) is 0 Å². The summed E-state index contributed by atoms with van der Waals surface area (Å²) in [6, 6.07) is 10.1. The van der Waals surface area contributed by atoms with Crippen LogP contribution in [0.5, 0.6) is 0 Å². The molecule has 0 aromatic heterocycles. The highest BCUT2D eigenvalue weighted by atomic mass is 16.7. The van der Waals surface area contributed by atoms with E-state index in [4.69, 9.17) is 18.9 Å². The van der Waals surface area contributed by atoms with Gasteiger partial charge in [0, 0.05) is 13.7 Å². The minimum atomic E-state index is -0.211. The van der Waals surface area contributed by atoms with Gasteiger partial charge < -0.3 is 18.9 Å². The van der Waals surface area contributed by atoms with Crippen LogP contribution in [0.4, 0.5) is 0 Å². The predicted octanol–water partition coefficient (Wildman–Crippen LogP) is 2.62. The van der Waals surface area contributed by atoms with Gasteiger partial charge in [0.1, 0.15) is 6.10 Å². The molecule has 0 heterocycles. The van der Waals surface area contributed by atoms with Gasteiger partial charge in [0.2, 0.25) is 0 Å². The number of rotatable bonds is 10. The van der Waals surface area contributed by atoms with Crippen molar-refractivity contribution >= 4 is 0 Å². The van der Waals surface area contributed by atoms with E-state index < -0.39 is 0 Å². The van der Waals surface area contributed by atoms with E-state index in [1.807, 2.05) is 44.2 Å². The maximum atomic E-state index is 5.62. The molecule has 0 fully saturated rings. The second-order valence-electron chi connectivity index (χ2n) is 4.21. The van der Waals surface area contributed by atoms with Gasteiger partial charge >= 0.3 is 0 Å². The van der Waals surface area contributed by atoms with Crippen molar-refractivity contribution in [3.63, 3.8) is 0 Å². The van der Waals surface area contributed by atoms with Crippen molar-refractivity contribution < 1.29 is 18.9 Å². The first-order valence-electron chi connectivity index (χ1n) is 6.64. The number of ether oxygens (including phenoxy) is 4. The zero-order valence-corrected chi connectivity index (χ0v) is 12.0. The predicted molar refractivity (Wildman–Crippen MR) is 73.9 cm³/mol. The van der Waals surface area contributed by atoms with E-state index in [1.54, 1.807) is 7.11 Å². The number of methoxy groups -OCH3 is 1. The molecule has 2 unspecified atom stereocenters. The van der Waals surface area contributed by atoms with E-state index in [0.29, 0.717) is 26.4 Å². The van der Waals surface area contributed by atoms with Crippen LogP contribution in [0.15, 0.2) is 30.3 Å². The Morgan fingerprint density at radius 3 is 2.42 bits per heavy atom. The summed E-state index contributed by atoms with van der Waals surface area (Å²) in [6.07, 6.45) is -0.289. The maximum Gasteiger partial charge on any atom is 0.154 e. The Hall–Kier alpha value is -0.940. The van der Waals surface area contributed by atoms with E-state index >= 15 is 0 Å². The highest BCUT2D eigenvalue weighted by Gasteiger charge is 2.10. The molecule has 19 heavy (non-hydrogen) atoms. The summed E-state index contributed by atoms with van der Waals surface area (Å²) in [6.45, 7) is 6.01. The average Bonchev–Trinajstić information content (AvgIpc) is 2.44. The number of hydrogen-bond acceptors (Lipinski definition) is 4. The second kappa shape index (κ2) is 9.92. The molecule has 0 aliphatic carbocycles. The molecule has 0 bridgehead atoms. The van der Waals surface area contributed by atoms with Gasteiger partial charge in [-0.25, -0.2) is 0 Å². The normalized spacial score (nSPS) is 14.3. The molecular weight excluding hydrogens is 244 g/mol. The summed E-state index contributed by atoms with van der Waals surface area (Å²) in [5, 5.41) is 0. The van der Waals surface area contributed by atoms with Crippen molar-refractivity contribution in [2.24, 2.45) is 0 Å². The van der Waals surface area contributed by atoms with Crippen molar-refractivity contribution in [3.8, 4) is 0 Å². The average molecular weight is 268 g/mol. The van der Waals surface area contributed by atoms with Crippen LogP contribution in [0.25, 0.3) is 0 Å². The summed E-state index contributed by atoms with van der Waals surface area (Å²) in [5.74, 6) is 0. The van der Waals surface area contributed by atoms with E-state index in [9.17, 15) is 0 Å². The van der Waals surface area contributed by atoms with Gasteiger partial charge in [-0.1, -0.05) is 30.3 Å². The van der Waals surface area contributed by atoms with Crippen LogP contribution in [0.3, 0.4) is 0 Å². The van der Waals surface area contributed by atoms with Crippen LogP contribution in [0.2, 0.25) is 0 Å². The Morgan fingerprint density at radius 2 is 1.79 bits per heavy atom. The Morgan fingerprint density at radius 1 is 1.05 bits per heavy atom. The standard InChI is InChI=1S/C15H24O4/c1-4-18-13(2)19-12-15(16-3)11-17-10-14-8-6-5-7-9-14/h5-9,13,15H,4,10-12H2,1-3H3. The van der Waals surface area contributed by atoms with Crippen LogP contribution >= 0.6 is 0 Å². The molecule has 108 valence electrons. The second-order valence-corrected chi connectivity index (χ2v) is 4.21. The van der Waals surface area contributed by atoms with Crippen molar-refractivity contribution in [1.82, 2.24) is 0 Å². The molecule has 0 saturated carbocycles. The summed E-state index contributed by atoms with van der Waals surface area (Å²) >= 11 is 0. The minimum absolute atomic E-state index is 0.0772. The molecule has 2 atom stereocenters. The van der Waals surface area contributed by atoms with E-state index in [0.717, 1.165) is 5.56 Å².